The van der Waals surface area contributed by atoms with E-state index in [1.807, 2.05) is 0 Å². The van der Waals surface area contributed by atoms with E-state index < -0.39 is 63.5 Å². The van der Waals surface area contributed by atoms with Gasteiger partial charge in [-0.1, -0.05) is 29.4 Å². The molecule has 12 heteroatoms. The lowest BCUT2D eigenvalue weighted by molar-refractivity contribution is -0.221. The standard InChI is InChI=1S/C40H36O12/c1-18(2)10-11-39-38(49)35-32(52-40(39,50)27-9-6-22(43)16-31(27)51-39)17-30(46)34(37(35)48)26-13-19(3)12-25(23-7-4-20(41)14-28(23)44)33(26)36(47)24-8-5-21(42)15-29(24)45/h4-10,13-17,25-26,33,41-46,48,50H,11-12H2,1-3H3/t25-,26-,33-,39+,40-/m0/s1. The zero-order valence-corrected chi connectivity index (χ0v) is 28.3. The lowest BCUT2D eigenvalue weighted by Crippen LogP contribution is -2.62. The van der Waals surface area contributed by atoms with Crippen LogP contribution in [0.25, 0.3) is 0 Å². The van der Waals surface area contributed by atoms with Gasteiger partial charge in [0.25, 0.3) is 5.79 Å². The summed E-state index contributed by atoms with van der Waals surface area (Å²) in [4.78, 5) is 29.4. The number of aliphatic hydroxyl groups is 1. The smallest absolute Gasteiger partial charge is 0.286 e. The summed E-state index contributed by atoms with van der Waals surface area (Å²) in [6, 6.07) is 12.3. The lowest BCUT2D eigenvalue weighted by atomic mass is 9.65. The van der Waals surface area contributed by atoms with Gasteiger partial charge in [-0.3, -0.25) is 9.59 Å². The highest BCUT2D eigenvalue weighted by Gasteiger charge is 2.70. The number of rotatable bonds is 6. The first-order valence-electron chi connectivity index (χ1n) is 16.5. The largest absolute Gasteiger partial charge is 0.508 e. The van der Waals surface area contributed by atoms with Crippen molar-refractivity contribution in [3.8, 4) is 51.7 Å². The molecule has 2 heterocycles. The van der Waals surface area contributed by atoms with Crippen molar-refractivity contribution in [3.63, 3.8) is 0 Å². The number of benzene rings is 4. The molecule has 0 saturated heterocycles. The van der Waals surface area contributed by atoms with E-state index in [0.29, 0.717) is 5.57 Å². The van der Waals surface area contributed by atoms with Gasteiger partial charge in [0.1, 0.15) is 57.3 Å². The van der Waals surface area contributed by atoms with Gasteiger partial charge in [0.15, 0.2) is 5.78 Å². The van der Waals surface area contributed by atoms with Gasteiger partial charge in [-0.2, -0.15) is 0 Å². The zero-order valence-electron chi connectivity index (χ0n) is 28.3. The first-order valence-corrected chi connectivity index (χ1v) is 16.5. The second-order valence-electron chi connectivity index (χ2n) is 13.9. The summed E-state index contributed by atoms with van der Waals surface area (Å²) in [5.41, 5.74) is -1.30. The number of allylic oxidation sites excluding steroid dienone is 3. The van der Waals surface area contributed by atoms with E-state index in [1.54, 1.807) is 32.9 Å². The van der Waals surface area contributed by atoms with E-state index in [1.165, 1.54) is 42.5 Å². The number of ether oxygens (including phenoxy) is 2. The third-order valence-corrected chi connectivity index (χ3v) is 10.2. The number of carbonyl (C=O) groups excluding carboxylic acids is 2. The lowest BCUT2D eigenvalue weighted by Gasteiger charge is -2.43. The predicted molar refractivity (Wildman–Crippen MR) is 185 cm³/mol. The predicted octanol–water partition coefficient (Wildman–Crippen LogP) is 6.25. The van der Waals surface area contributed by atoms with Gasteiger partial charge in [0.2, 0.25) is 11.4 Å². The number of phenols is 7. The highest BCUT2D eigenvalue weighted by molar-refractivity contribution is 6.10. The molecule has 8 N–H and O–H groups in total. The molecule has 0 radical (unpaired) electrons. The summed E-state index contributed by atoms with van der Waals surface area (Å²) in [6.07, 6.45) is 3.28. The summed E-state index contributed by atoms with van der Waals surface area (Å²) < 4.78 is 12.3. The highest BCUT2D eigenvalue weighted by Crippen LogP contribution is 2.60. The Labute approximate surface area is 297 Å². The van der Waals surface area contributed by atoms with E-state index >= 15 is 0 Å². The van der Waals surface area contributed by atoms with Crippen molar-refractivity contribution in [2.24, 2.45) is 5.92 Å². The SMILES string of the molecule is CC(C)=CC[C@]12Oc3cc(O)ccc3[C@]1(O)Oc1cc(O)c([C@H]3C=C(C)C[C@@H](c4ccc(O)cc4O)[C@@H]3C(=O)c3ccc(O)cc3O)c(O)c1C2=O. The minimum Gasteiger partial charge on any atom is -0.508 e. The Kier molecular flexibility index (Phi) is 7.91. The van der Waals surface area contributed by atoms with Crippen molar-refractivity contribution in [1.82, 2.24) is 0 Å². The van der Waals surface area contributed by atoms with Crippen molar-refractivity contribution in [1.29, 1.82) is 0 Å². The maximum Gasteiger partial charge on any atom is 0.286 e. The molecule has 5 atom stereocenters. The van der Waals surface area contributed by atoms with E-state index in [-0.39, 0.29) is 69.6 Å². The second-order valence-corrected chi connectivity index (χ2v) is 13.9. The average Bonchev–Trinajstić information content (AvgIpc) is 3.30. The molecule has 0 amide bonds. The Hall–Kier alpha value is -6.14. The molecule has 7 rings (SSSR count). The molecule has 0 saturated carbocycles. The van der Waals surface area contributed by atoms with Gasteiger partial charge in [-0.25, -0.2) is 0 Å². The molecule has 1 aliphatic carbocycles. The average molecular weight is 709 g/mol. The summed E-state index contributed by atoms with van der Waals surface area (Å²) in [5.74, 6) is -10.6. The Bertz CT molecular complexity index is 2250. The molecule has 52 heavy (non-hydrogen) atoms. The van der Waals surface area contributed by atoms with Gasteiger partial charge >= 0.3 is 0 Å². The number of ketones is 2. The van der Waals surface area contributed by atoms with Crippen LogP contribution in [0.3, 0.4) is 0 Å². The molecule has 4 aromatic rings. The number of aromatic hydroxyl groups is 7. The van der Waals surface area contributed by atoms with Crippen molar-refractivity contribution < 1.29 is 59.9 Å². The maximum atomic E-state index is 14.8. The summed E-state index contributed by atoms with van der Waals surface area (Å²) >= 11 is 0. The molecular weight excluding hydrogens is 672 g/mol. The molecule has 268 valence electrons. The second kappa shape index (κ2) is 12.0. The zero-order chi connectivity index (χ0) is 37.4. The Morgan fingerprint density at radius 2 is 1.48 bits per heavy atom. The topological polar surface area (TPSA) is 214 Å². The Morgan fingerprint density at radius 1 is 0.827 bits per heavy atom. The van der Waals surface area contributed by atoms with Crippen LogP contribution in [-0.4, -0.2) is 58.0 Å². The first kappa shape index (κ1) is 34.3. The molecule has 3 aliphatic rings. The van der Waals surface area contributed by atoms with Crippen LogP contribution in [0.2, 0.25) is 0 Å². The number of phenolic OH excluding ortho intramolecular Hbond substituents is 7. The molecule has 12 nitrogen and oxygen atoms in total. The van der Waals surface area contributed by atoms with Crippen LogP contribution in [0.4, 0.5) is 0 Å². The number of Topliss-reactive ketones (excluding diaryl/α,β-unsaturated/α-hetero) is 2. The third-order valence-electron chi connectivity index (χ3n) is 10.2. The normalized spacial score (nSPS) is 24.4. The van der Waals surface area contributed by atoms with Gasteiger partial charge < -0.3 is 50.3 Å². The summed E-state index contributed by atoms with van der Waals surface area (Å²) in [5, 5.41) is 87.9. The molecule has 0 aromatic heterocycles. The number of hydrogen-bond acceptors (Lipinski definition) is 12. The number of carbonyl (C=O) groups is 2. The summed E-state index contributed by atoms with van der Waals surface area (Å²) in [7, 11) is 0. The fourth-order valence-corrected chi connectivity index (χ4v) is 7.81. The molecule has 4 aromatic carbocycles. The quantitative estimate of drug-likeness (QED) is 0.0824. The van der Waals surface area contributed by atoms with Crippen molar-refractivity contribution in [3.05, 3.63) is 112 Å². The van der Waals surface area contributed by atoms with Gasteiger partial charge in [0, 0.05) is 54.0 Å². The Morgan fingerprint density at radius 3 is 2.15 bits per heavy atom. The van der Waals surface area contributed by atoms with Crippen LogP contribution < -0.4 is 9.47 Å². The molecule has 0 unspecified atom stereocenters. The number of hydrogen-bond donors (Lipinski definition) is 8. The van der Waals surface area contributed by atoms with E-state index in [9.17, 15) is 50.4 Å². The molecule has 2 aliphatic heterocycles. The third kappa shape index (κ3) is 5.09. The van der Waals surface area contributed by atoms with E-state index in [4.69, 9.17) is 9.47 Å². The summed E-state index contributed by atoms with van der Waals surface area (Å²) in [6.45, 7) is 5.31. The van der Waals surface area contributed by atoms with Crippen LogP contribution >= 0.6 is 0 Å². The van der Waals surface area contributed by atoms with E-state index in [2.05, 4.69) is 0 Å². The van der Waals surface area contributed by atoms with Crippen molar-refractivity contribution in [2.75, 3.05) is 0 Å². The fourth-order valence-electron chi connectivity index (χ4n) is 7.81. The highest BCUT2D eigenvalue weighted by atomic mass is 16.7. The van der Waals surface area contributed by atoms with Crippen molar-refractivity contribution >= 4 is 11.6 Å². The van der Waals surface area contributed by atoms with Crippen LogP contribution in [-0.2, 0) is 5.79 Å². The fraction of sp³-hybridized carbons (Fsp3) is 0.250. The van der Waals surface area contributed by atoms with Crippen LogP contribution in [0.15, 0.2) is 84.0 Å². The first-order chi connectivity index (χ1) is 24.6. The molecule has 0 spiro atoms. The molecule has 0 fully saturated rings. The monoisotopic (exact) mass is 708 g/mol. The number of fused-ring (bicyclic) bond motifs is 4. The molecular formula is C40H36O12. The van der Waals surface area contributed by atoms with Gasteiger partial charge in [0.05, 0.1) is 11.1 Å². The molecule has 0 bridgehead atoms. The van der Waals surface area contributed by atoms with E-state index in [0.717, 1.165) is 23.8 Å². The van der Waals surface area contributed by atoms with Crippen LogP contribution in [0, 0.1) is 5.92 Å². The van der Waals surface area contributed by atoms with Gasteiger partial charge in [-0.15, -0.1) is 0 Å². The minimum absolute atomic E-state index is 0.0310. The van der Waals surface area contributed by atoms with Crippen LogP contribution in [0.1, 0.15) is 82.9 Å². The maximum absolute atomic E-state index is 14.8. The minimum atomic E-state index is -2.45. The van der Waals surface area contributed by atoms with Crippen molar-refractivity contribution in [2.45, 2.75) is 56.8 Å². The Balaban J connectivity index is 1.44. The van der Waals surface area contributed by atoms with Gasteiger partial charge in [-0.05, 0) is 63.1 Å². The van der Waals surface area contributed by atoms with Crippen LogP contribution in [0.5, 0.6) is 51.7 Å².